The van der Waals surface area contributed by atoms with E-state index in [1.54, 1.807) is 13.3 Å². The first-order chi connectivity index (χ1) is 9.76. The zero-order valence-electron chi connectivity index (χ0n) is 11.9. The number of para-hydroxylation sites is 1. The molecular formula is C16H20N2O2. The van der Waals surface area contributed by atoms with Gasteiger partial charge in [0.25, 0.3) is 0 Å². The average Bonchev–Trinajstić information content (AvgIpc) is 2.52. The second-order valence-electron chi connectivity index (χ2n) is 4.51. The second kappa shape index (κ2) is 6.91. The van der Waals surface area contributed by atoms with Crippen molar-refractivity contribution in [1.82, 2.24) is 4.98 Å². The van der Waals surface area contributed by atoms with Gasteiger partial charge in [-0.05, 0) is 24.6 Å². The van der Waals surface area contributed by atoms with Crippen molar-refractivity contribution in [2.24, 2.45) is 5.73 Å². The fourth-order valence-electron chi connectivity index (χ4n) is 2.01. The Labute approximate surface area is 119 Å². The number of pyridine rings is 1. The van der Waals surface area contributed by atoms with E-state index in [4.69, 9.17) is 15.2 Å². The molecule has 0 aliphatic heterocycles. The predicted octanol–water partition coefficient (Wildman–Crippen LogP) is 3.08. The highest BCUT2D eigenvalue weighted by Crippen LogP contribution is 2.27. The first-order valence-electron chi connectivity index (χ1n) is 6.71. The van der Waals surface area contributed by atoms with Gasteiger partial charge in [-0.3, -0.25) is 0 Å². The van der Waals surface area contributed by atoms with E-state index in [9.17, 15) is 0 Å². The van der Waals surface area contributed by atoms with Crippen LogP contribution in [0.4, 0.5) is 0 Å². The van der Waals surface area contributed by atoms with Crippen LogP contribution in [-0.2, 0) is 6.61 Å². The van der Waals surface area contributed by atoms with Crippen LogP contribution in [0, 0.1) is 0 Å². The fourth-order valence-corrected chi connectivity index (χ4v) is 2.01. The summed E-state index contributed by atoms with van der Waals surface area (Å²) in [5, 5.41) is 0. The summed E-state index contributed by atoms with van der Waals surface area (Å²) in [5.41, 5.74) is 8.04. The quantitative estimate of drug-likeness (QED) is 0.878. The van der Waals surface area contributed by atoms with Crippen molar-refractivity contribution in [3.05, 3.63) is 53.7 Å². The van der Waals surface area contributed by atoms with Crippen molar-refractivity contribution in [1.29, 1.82) is 0 Å². The normalized spacial score (nSPS) is 11.9. The van der Waals surface area contributed by atoms with Gasteiger partial charge in [-0.15, -0.1) is 0 Å². The Balaban J connectivity index is 2.15. The molecule has 2 aromatic rings. The first kappa shape index (κ1) is 14.3. The Morgan fingerprint density at radius 1 is 1.20 bits per heavy atom. The van der Waals surface area contributed by atoms with Gasteiger partial charge in [-0.1, -0.05) is 25.1 Å². The van der Waals surface area contributed by atoms with E-state index < -0.39 is 0 Å². The average molecular weight is 272 g/mol. The molecule has 0 fully saturated rings. The minimum atomic E-state index is -0.0120. The molecule has 0 saturated heterocycles. The van der Waals surface area contributed by atoms with Crippen molar-refractivity contribution < 1.29 is 9.47 Å². The molecule has 0 unspecified atom stereocenters. The SMILES string of the molecule is CC[C@H](N)c1ccccc1OCc1cccnc1OC. The molecule has 1 heterocycles. The van der Waals surface area contributed by atoms with Crippen LogP contribution in [0.3, 0.4) is 0 Å². The smallest absolute Gasteiger partial charge is 0.219 e. The van der Waals surface area contributed by atoms with Crippen molar-refractivity contribution in [2.45, 2.75) is 26.0 Å². The van der Waals surface area contributed by atoms with Crippen LogP contribution in [0.25, 0.3) is 0 Å². The van der Waals surface area contributed by atoms with Gasteiger partial charge in [0.15, 0.2) is 0 Å². The number of hydrogen-bond acceptors (Lipinski definition) is 4. The van der Waals surface area contributed by atoms with Crippen molar-refractivity contribution in [3.8, 4) is 11.6 Å². The highest BCUT2D eigenvalue weighted by atomic mass is 16.5. The van der Waals surface area contributed by atoms with Crippen molar-refractivity contribution >= 4 is 0 Å². The molecule has 0 bridgehead atoms. The minimum Gasteiger partial charge on any atom is -0.488 e. The van der Waals surface area contributed by atoms with Gasteiger partial charge in [0.1, 0.15) is 12.4 Å². The van der Waals surface area contributed by atoms with Crippen LogP contribution >= 0.6 is 0 Å². The van der Waals surface area contributed by atoms with E-state index in [2.05, 4.69) is 11.9 Å². The van der Waals surface area contributed by atoms with Gasteiger partial charge in [0, 0.05) is 17.8 Å². The lowest BCUT2D eigenvalue weighted by atomic mass is 10.0. The molecule has 0 aliphatic carbocycles. The lowest BCUT2D eigenvalue weighted by molar-refractivity contribution is 0.289. The number of rotatable bonds is 6. The number of benzene rings is 1. The van der Waals surface area contributed by atoms with E-state index in [-0.39, 0.29) is 6.04 Å². The monoisotopic (exact) mass is 272 g/mol. The summed E-state index contributed by atoms with van der Waals surface area (Å²) in [5.74, 6) is 1.40. The lowest BCUT2D eigenvalue weighted by Gasteiger charge is -2.16. The van der Waals surface area contributed by atoms with Gasteiger partial charge in [0.2, 0.25) is 5.88 Å². The second-order valence-corrected chi connectivity index (χ2v) is 4.51. The van der Waals surface area contributed by atoms with Gasteiger partial charge in [0.05, 0.1) is 12.7 Å². The summed E-state index contributed by atoms with van der Waals surface area (Å²) in [6.07, 6.45) is 2.57. The summed E-state index contributed by atoms with van der Waals surface area (Å²) in [4.78, 5) is 4.16. The van der Waals surface area contributed by atoms with Gasteiger partial charge < -0.3 is 15.2 Å². The third-order valence-electron chi connectivity index (χ3n) is 3.18. The number of hydrogen-bond donors (Lipinski definition) is 1. The molecule has 2 rings (SSSR count). The minimum absolute atomic E-state index is 0.0120. The molecule has 106 valence electrons. The number of nitrogens with two attached hydrogens (primary N) is 1. The number of ether oxygens (including phenoxy) is 2. The largest absolute Gasteiger partial charge is 0.488 e. The fraction of sp³-hybridized carbons (Fsp3) is 0.312. The molecule has 4 nitrogen and oxygen atoms in total. The molecular weight excluding hydrogens is 252 g/mol. The molecule has 1 aromatic heterocycles. The standard InChI is InChI=1S/C16H20N2O2/c1-3-14(17)13-8-4-5-9-15(13)20-11-12-7-6-10-18-16(12)19-2/h4-10,14H,3,11,17H2,1-2H3/t14-/m0/s1. The van der Waals surface area contributed by atoms with E-state index in [0.29, 0.717) is 12.5 Å². The molecule has 1 atom stereocenters. The van der Waals surface area contributed by atoms with E-state index in [1.165, 1.54) is 0 Å². The Morgan fingerprint density at radius 2 is 2.00 bits per heavy atom. The highest BCUT2D eigenvalue weighted by molar-refractivity contribution is 5.36. The summed E-state index contributed by atoms with van der Waals surface area (Å²) >= 11 is 0. The Kier molecular flexibility index (Phi) is 4.96. The number of nitrogens with zero attached hydrogens (tertiary/aromatic N) is 1. The zero-order valence-corrected chi connectivity index (χ0v) is 11.9. The Morgan fingerprint density at radius 3 is 2.75 bits per heavy atom. The molecule has 0 amide bonds. The molecule has 0 saturated carbocycles. The molecule has 0 spiro atoms. The Hall–Kier alpha value is -2.07. The molecule has 1 aromatic carbocycles. The lowest BCUT2D eigenvalue weighted by Crippen LogP contribution is -2.11. The molecule has 2 N–H and O–H groups in total. The third-order valence-corrected chi connectivity index (χ3v) is 3.18. The van der Waals surface area contributed by atoms with Gasteiger partial charge >= 0.3 is 0 Å². The predicted molar refractivity (Wildman–Crippen MR) is 78.8 cm³/mol. The summed E-state index contributed by atoms with van der Waals surface area (Å²) in [6.45, 7) is 2.47. The highest BCUT2D eigenvalue weighted by Gasteiger charge is 2.11. The van der Waals surface area contributed by atoms with E-state index in [0.717, 1.165) is 23.3 Å². The molecule has 4 heteroatoms. The number of methoxy groups -OCH3 is 1. The van der Waals surface area contributed by atoms with Crippen LogP contribution in [0.5, 0.6) is 11.6 Å². The maximum atomic E-state index is 6.10. The topological polar surface area (TPSA) is 57.4 Å². The maximum absolute atomic E-state index is 6.10. The summed E-state index contributed by atoms with van der Waals surface area (Å²) in [7, 11) is 1.60. The van der Waals surface area contributed by atoms with Crippen LogP contribution in [0.2, 0.25) is 0 Å². The number of aromatic nitrogens is 1. The van der Waals surface area contributed by atoms with Crippen molar-refractivity contribution in [2.75, 3.05) is 7.11 Å². The van der Waals surface area contributed by atoms with Crippen LogP contribution < -0.4 is 15.2 Å². The van der Waals surface area contributed by atoms with E-state index >= 15 is 0 Å². The Bertz CT molecular complexity index is 558. The summed E-state index contributed by atoms with van der Waals surface area (Å²) < 4.78 is 11.1. The van der Waals surface area contributed by atoms with Crippen LogP contribution in [0.15, 0.2) is 42.6 Å². The van der Waals surface area contributed by atoms with Gasteiger partial charge in [-0.2, -0.15) is 0 Å². The van der Waals surface area contributed by atoms with Crippen molar-refractivity contribution in [3.63, 3.8) is 0 Å². The van der Waals surface area contributed by atoms with E-state index in [1.807, 2.05) is 36.4 Å². The van der Waals surface area contributed by atoms with Crippen LogP contribution in [0.1, 0.15) is 30.5 Å². The third kappa shape index (κ3) is 3.27. The maximum Gasteiger partial charge on any atom is 0.219 e. The molecule has 20 heavy (non-hydrogen) atoms. The van der Waals surface area contributed by atoms with Gasteiger partial charge in [-0.25, -0.2) is 4.98 Å². The molecule has 0 aliphatic rings. The molecule has 0 radical (unpaired) electrons. The first-order valence-corrected chi connectivity index (χ1v) is 6.71. The summed E-state index contributed by atoms with van der Waals surface area (Å²) in [6, 6.07) is 11.7. The zero-order chi connectivity index (χ0) is 14.4. The van der Waals surface area contributed by atoms with Crippen LogP contribution in [-0.4, -0.2) is 12.1 Å².